The topological polar surface area (TPSA) is 92.3 Å². The van der Waals surface area contributed by atoms with Crippen LogP contribution in [0.1, 0.15) is 25.7 Å². The van der Waals surface area contributed by atoms with E-state index in [2.05, 4.69) is 9.44 Å². The number of rotatable bonds is 6. The second kappa shape index (κ2) is 8.61. The molecule has 0 amide bonds. The lowest BCUT2D eigenvalue weighted by Gasteiger charge is -2.29. The van der Waals surface area contributed by atoms with Gasteiger partial charge in [0.1, 0.15) is 23.3 Å². The van der Waals surface area contributed by atoms with E-state index in [0.29, 0.717) is 0 Å². The van der Waals surface area contributed by atoms with Crippen LogP contribution >= 0.6 is 0 Å². The molecule has 3 rings (SSSR count). The van der Waals surface area contributed by atoms with Crippen LogP contribution in [0.4, 0.5) is 17.6 Å². The van der Waals surface area contributed by atoms with Crippen molar-refractivity contribution in [2.45, 2.75) is 47.6 Å². The lowest BCUT2D eigenvalue weighted by molar-refractivity contribution is 0.354. The van der Waals surface area contributed by atoms with Gasteiger partial charge in [-0.05, 0) is 49.9 Å². The predicted molar refractivity (Wildman–Crippen MR) is 99.4 cm³/mol. The van der Waals surface area contributed by atoms with E-state index in [1.807, 2.05) is 0 Å². The molecule has 1 saturated carbocycles. The van der Waals surface area contributed by atoms with E-state index in [0.717, 1.165) is 36.4 Å². The molecule has 164 valence electrons. The molecule has 1 fully saturated rings. The van der Waals surface area contributed by atoms with Gasteiger partial charge in [-0.1, -0.05) is 12.1 Å². The van der Waals surface area contributed by atoms with Crippen molar-refractivity contribution < 1.29 is 34.4 Å². The molecule has 0 atom stereocenters. The Hall–Kier alpha value is -2.02. The molecule has 0 saturated heterocycles. The van der Waals surface area contributed by atoms with Gasteiger partial charge in [0.05, 0.1) is 0 Å². The number of benzene rings is 2. The first-order chi connectivity index (χ1) is 14.0. The first-order valence-corrected chi connectivity index (χ1v) is 11.9. The third kappa shape index (κ3) is 4.82. The maximum absolute atomic E-state index is 13.8. The van der Waals surface area contributed by atoms with Crippen LogP contribution in [0, 0.1) is 23.3 Å². The van der Waals surface area contributed by atoms with E-state index < -0.39 is 65.2 Å². The summed E-state index contributed by atoms with van der Waals surface area (Å²) in [6, 6.07) is 4.02. The van der Waals surface area contributed by atoms with E-state index >= 15 is 0 Å². The highest BCUT2D eigenvalue weighted by atomic mass is 32.2. The molecule has 0 bridgehead atoms. The monoisotopic (exact) mass is 466 g/mol. The lowest BCUT2D eigenvalue weighted by atomic mass is 9.92. The molecule has 1 aliphatic rings. The van der Waals surface area contributed by atoms with Gasteiger partial charge in [0.25, 0.3) is 0 Å². The van der Waals surface area contributed by atoms with Gasteiger partial charge in [-0.3, -0.25) is 0 Å². The molecule has 2 aromatic carbocycles. The highest BCUT2D eigenvalue weighted by Gasteiger charge is 2.32. The third-order valence-electron chi connectivity index (χ3n) is 4.75. The summed E-state index contributed by atoms with van der Waals surface area (Å²) >= 11 is 0. The van der Waals surface area contributed by atoms with Crippen LogP contribution in [0.15, 0.2) is 46.2 Å². The SMILES string of the molecule is O=S(=O)(NC1CCC(NS(=O)(=O)c2c(F)cccc2F)CC1)c1c(F)cccc1F. The first-order valence-electron chi connectivity index (χ1n) is 8.94. The predicted octanol–water partition coefficient (Wildman–Crippen LogP) is 2.81. The summed E-state index contributed by atoms with van der Waals surface area (Å²) in [5.41, 5.74) is 0. The molecule has 0 aliphatic heterocycles. The van der Waals surface area contributed by atoms with Gasteiger partial charge in [-0.15, -0.1) is 0 Å². The smallest absolute Gasteiger partial charge is 0.208 e. The van der Waals surface area contributed by atoms with Crippen LogP contribution in [-0.2, 0) is 20.0 Å². The maximum atomic E-state index is 13.8. The molecule has 2 N–H and O–H groups in total. The third-order valence-corrected chi connectivity index (χ3v) is 7.89. The molecule has 2 aromatic rings. The first kappa shape index (κ1) is 22.7. The Balaban J connectivity index is 1.65. The molecule has 0 aromatic heterocycles. The summed E-state index contributed by atoms with van der Waals surface area (Å²) in [5.74, 6) is -4.90. The van der Waals surface area contributed by atoms with E-state index in [-0.39, 0.29) is 25.7 Å². The maximum Gasteiger partial charge on any atom is 0.246 e. The van der Waals surface area contributed by atoms with Crippen LogP contribution in [0.2, 0.25) is 0 Å². The number of sulfonamides is 2. The summed E-state index contributed by atoms with van der Waals surface area (Å²) in [7, 11) is -8.93. The van der Waals surface area contributed by atoms with Crippen molar-refractivity contribution in [2.24, 2.45) is 0 Å². The molecule has 1 aliphatic carbocycles. The summed E-state index contributed by atoms with van der Waals surface area (Å²) in [5, 5.41) is 0. The van der Waals surface area contributed by atoms with E-state index in [1.165, 1.54) is 0 Å². The number of hydrogen-bond acceptors (Lipinski definition) is 4. The standard InChI is InChI=1S/C18H18F4N2O4S2/c19-13-3-1-4-14(20)17(13)29(25,26)23-11-7-9-12(10-8-11)24-30(27,28)18-15(21)5-2-6-16(18)22/h1-6,11-12,23-24H,7-10H2. The Bertz CT molecular complexity index is 1020. The molecule has 0 unspecified atom stereocenters. The fraction of sp³-hybridized carbons (Fsp3) is 0.333. The molecule has 0 radical (unpaired) electrons. The average Bonchev–Trinajstić information content (AvgIpc) is 2.62. The second-order valence-corrected chi connectivity index (χ2v) is 10.2. The Kier molecular flexibility index (Phi) is 6.51. The van der Waals surface area contributed by atoms with Gasteiger partial charge < -0.3 is 0 Å². The Morgan fingerprint density at radius 3 is 1.13 bits per heavy atom. The zero-order chi connectivity index (χ0) is 22.1. The molecule has 6 nitrogen and oxygen atoms in total. The second-order valence-electron chi connectivity index (χ2n) is 6.89. The molecule has 0 spiro atoms. The van der Waals surface area contributed by atoms with E-state index in [4.69, 9.17) is 0 Å². The van der Waals surface area contributed by atoms with Gasteiger partial charge in [-0.2, -0.15) is 0 Å². The minimum Gasteiger partial charge on any atom is -0.208 e. The summed E-state index contributed by atoms with van der Waals surface area (Å²) in [6.07, 6.45) is 0.620. The van der Waals surface area contributed by atoms with E-state index in [9.17, 15) is 34.4 Å². The highest BCUT2D eigenvalue weighted by molar-refractivity contribution is 7.89. The van der Waals surface area contributed by atoms with Gasteiger partial charge >= 0.3 is 0 Å². The van der Waals surface area contributed by atoms with Crippen LogP contribution in [0.25, 0.3) is 0 Å². The quantitative estimate of drug-likeness (QED) is 0.641. The molecular weight excluding hydrogens is 448 g/mol. The Labute approximate surface area is 171 Å². The fourth-order valence-corrected chi connectivity index (χ4v) is 6.25. The number of hydrogen-bond donors (Lipinski definition) is 2. The number of nitrogens with one attached hydrogen (secondary N) is 2. The zero-order valence-electron chi connectivity index (χ0n) is 15.4. The van der Waals surface area contributed by atoms with Crippen molar-refractivity contribution >= 4 is 20.0 Å². The lowest BCUT2D eigenvalue weighted by Crippen LogP contribution is -2.44. The minimum absolute atomic E-state index is 0.155. The van der Waals surface area contributed by atoms with Crippen molar-refractivity contribution in [1.82, 2.24) is 9.44 Å². The van der Waals surface area contributed by atoms with Crippen LogP contribution in [0.5, 0.6) is 0 Å². The average molecular weight is 466 g/mol. The zero-order valence-corrected chi connectivity index (χ0v) is 17.0. The van der Waals surface area contributed by atoms with Crippen molar-refractivity contribution in [3.8, 4) is 0 Å². The van der Waals surface area contributed by atoms with Crippen molar-refractivity contribution in [2.75, 3.05) is 0 Å². The normalized spacial score (nSPS) is 20.3. The number of halogens is 4. The Morgan fingerprint density at radius 2 is 0.867 bits per heavy atom. The van der Waals surface area contributed by atoms with Gasteiger partial charge in [0, 0.05) is 12.1 Å². The summed E-state index contributed by atoms with van der Waals surface area (Å²) in [6.45, 7) is 0. The van der Waals surface area contributed by atoms with Crippen molar-refractivity contribution in [3.05, 3.63) is 59.7 Å². The molecule has 30 heavy (non-hydrogen) atoms. The summed E-state index contributed by atoms with van der Waals surface area (Å²) < 4.78 is 109. The van der Waals surface area contributed by atoms with Gasteiger partial charge in [-0.25, -0.2) is 43.8 Å². The van der Waals surface area contributed by atoms with Crippen LogP contribution < -0.4 is 9.44 Å². The van der Waals surface area contributed by atoms with Gasteiger partial charge in [0.15, 0.2) is 9.79 Å². The molecule has 0 heterocycles. The summed E-state index contributed by atoms with van der Waals surface area (Å²) in [4.78, 5) is -2.16. The minimum atomic E-state index is -4.47. The van der Waals surface area contributed by atoms with Crippen LogP contribution in [0.3, 0.4) is 0 Å². The largest absolute Gasteiger partial charge is 0.246 e. The van der Waals surface area contributed by atoms with Crippen molar-refractivity contribution in [3.63, 3.8) is 0 Å². The highest BCUT2D eigenvalue weighted by Crippen LogP contribution is 2.25. The van der Waals surface area contributed by atoms with Gasteiger partial charge in [0.2, 0.25) is 20.0 Å². The fourth-order valence-electron chi connectivity index (χ4n) is 3.36. The van der Waals surface area contributed by atoms with E-state index in [1.54, 1.807) is 0 Å². The molecular formula is C18H18F4N2O4S2. The Morgan fingerprint density at radius 1 is 0.600 bits per heavy atom. The van der Waals surface area contributed by atoms with Crippen molar-refractivity contribution in [1.29, 1.82) is 0 Å². The molecule has 12 heteroatoms. The van der Waals surface area contributed by atoms with Crippen LogP contribution in [-0.4, -0.2) is 28.9 Å².